The van der Waals surface area contributed by atoms with Gasteiger partial charge in [-0.1, -0.05) is 0 Å². The lowest BCUT2D eigenvalue weighted by Crippen LogP contribution is -2.26. The maximum absolute atomic E-state index is 11.8. The average molecular weight is 238 g/mol. The summed E-state index contributed by atoms with van der Waals surface area (Å²) in [5, 5.41) is 13.3. The Morgan fingerprint density at radius 1 is 1.27 bits per heavy atom. The predicted octanol–water partition coefficient (Wildman–Crippen LogP) is -0.258. The molecule has 0 rings (SSSR count). The molecule has 0 unspecified atom stereocenters. The molecule has 15 heavy (non-hydrogen) atoms. The molecular weight excluding hydrogens is 225 g/mol. The van der Waals surface area contributed by atoms with Crippen molar-refractivity contribution >= 4 is 13.5 Å². The lowest BCUT2D eigenvalue weighted by atomic mass is 10.7. The SMILES string of the molecule is CO/C([O-])=C(/NC(C)=O)P(=O)(OC)OC. The summed E-state index contributed by atoms with van der Waals surface area (Å²) >= 11 is 0. The number of hydrogen-bond acceptors (Lipinski definition) is 6. The van der Waals surface area contributed by atoms with Crippen LogP contribution in [0, 0.1) is 0 Å². The molecule has 0 radical (unpaired) electrons. The average Bonchev–Trinajstić information content (AvgIpc) is 2.23. The molecule has 0 aliphatic carbocycles. The van der Waals surface area contributed by atoms with Gasteiger partial charge in [-0.25, -0.2) is 0 Å². The smallest absolute Gasteiger partial charge is 0.378 e. The fourth-order valence-electron chi connectivity index (χ4n) is 0.752. The molecule has 7 nitrogen and oxygen atoms in total. The summed E-state index contributed by atoms with van der Waals surface area (Å²) in [5.41, 5.74) is -0.539. The number of methoxy groups -OCH3 is 1. The standard InChI is InChI=1S/C7H14NO6P/c1-5(9)8-6(7(10)12-2)15(11,13-3)14-4/h10H,1-4H3,(H,8,9)/p-1/b7-6-. The van der Waals surface area contributed by atoms with Crippen LogP contribution in [0.3, 0.4) is 0 Å². The van der Waals surface area contributed by atoms with E-state index in [0.717, 1.165) is 28.3 Å². The molecule has 0 aromatic carbocycles. The molecule has 0 aliphatic heterocycles. The first-order valence-corrected chi connectivity index (χ1v) is 5.40. The van der Waals surface area contributed by atoms with Crippen LogP contribution in [-0.4, -0.2) is 27.2 Å². The quantitative estimate of drug-likeness (QED) is 0.523. The highest BCUT2D eigenvalue weighted by Crippen LogP contribution is 2.53. The lowest BCUT2D eigenvalue weighted by Gasteiger charge is -2.22. The van der Waals surface area contributed by atoms with E-state index in [1.54, 1.807) is 0 Å². The molecule has 0 heterocycles. The molecule has 1 N–H and O–H groups in total. The number of carbonyl (C=O) groups excluding carboxylic acids is 1. The lowest BCUT2D eigenvalue weighted by molar-refractivity contribution is -0.354. The van der Waals surface area contributed by atoms with Crippen molar-refractivity contribution in [2.24, 2.45) is 0 Å². The van der Waals surface area contributed by atoms with Crippen molar-refractivity contribution in [3.8, 4) is 0 Å². The van der Waals surface area contributed by atoms with Crippen LogP contribution < -0.4 is 10.4 Å². The normalized spacial score (nSPS) is 13.1. The Kier molecular flexibility index (Phi) is 5.35. The van der Waals surface area contributed by atoms with E-state index in [1.165, 1.54) is 0 Å². The van der Waals surface area contributed by atoms with Gasteiger partial charge in [-0.15, -0.1) is 0 Å². The zero-order chi connectivity index (χ0) is 12.1. The van der Waals surface area contributed by atoms with Gasteiger partial charge in [-0.2, -0.15) is 0 Å². The third-order valence-electron chi connectivity index (χ3n) is 1.43. The van der Waals surface area contributed by atoms with Crippen LogP contribution in [0.15, 0.2) is 11.4 Å². The molecule has 0 spiro atoms. The van der Waals surface area contributed by atoms with E-state index in [9.17, 15) is 14.5 Å². The molecule has 0 saturated heterocycles. The second-order valence-electron chi connectivity index (χ2n) is 2.38. The number of ether oxygens (including phenoxy) is 1. The van der Waals surface area contributed by atoms with E-state index in [1.807, 2.05) is 0 Å². The van der Waals surface area contributed by atoms with Gasteiger partial charge < -0.3 is 24.2 Å². The molecule has 0 aliphatic rings. The van der Waals surface area contributed by atoms with Gasteiger partial charge in [-0.05, 0) is 7.11 Å². The zero-order valence-corrected chi connectivity index (χ0v) is 9.79. The molecule has 0 saturated carbocycles. The maximum Gasteiger partial charge on any atom is 0.378 e. The van der Waals surface area contributed by atoms with Gasteiger partial charge in [0, 0.05) is 21.1 Å². The van der Waals surface area contributed by atoms with Crippen molar-refractivity contribution in [3.05, 3.63) is 11.4 Å². The van der Waals surface area contributed by atoms with Gasteiger partial charge in [0.05, 0.1) is 5.95 Å². The fourth-order valence-corrected chi connectivity index (χ4v) is 1.88. The molecule has 8 heteroatoms. The van der Waals surface area contributed by atoms with Gasteiger partial charge in [0.25, 0.3) is 0 Å². The predicted molar refractivity (Wildman–Crippen MR) is 49.5 cm³/mol. The number of rotatable bonds is 5. The van der Waals surface area contributed by atoms with Gasteiger partial charge in [0.2, 0.25) is 5.91 Å². The Labute approximate surface area is 87.5 Å². The van der Waals surface area contributed by atoms with Crippen molar-refractivity contribution < 1.29 is 28.3 Å². The first-order chi connectivity index (χ1) is 6.91. The summed E-state index contributed by atoms with van der Waals surface area (Å²) < 4.78 is 25.2. The third-order valence-corrected chi connectivity index (χ3v) is 3.23. The molecule has 0 aromatic rings. The summed E-state index contributed by atoms with van der Waals surface area (Å²) in [6.07, 6.45) is 0. The summed E-state index contributed by atoms with van der Waals surface area (Å²) in [6, 6.07) is 0. The van der Waals surface area contributed by atoms with Crippen molar-refractivity contribution in [1.82, 2.24) is 5.32 Å². The van der Waals surface area contributed by atoms with E-state index >= 15 is 0 Å². The molecule has 0 bridgehead atoms. The number of nitrogens with one attached hydrogen (secondary N) is 1. The molecule has 0 atom stereocenters. The van der Waals surface area contributed by atoms with Gasteiger partial charge >= 0.3 is 7.60 Å². The Hall–Kier alpha value is -1.04. The summed E-state index contributed by atoms with van der Waals surface area (Å²) in [5.74, 6) is -1.55. The van der Waals surface area contributed by atoms with E-state index in [0.29, 0.717) is 0 Å². The van der Waals surface area contributed by atoms with Crippen molar-refractivity contribution in [2.75, 3.05) is 21.3 Å². The third kappa shape index (κ3) is 3.54. The Balaban J connectivity index is 5.29. The van der Waals surface area contributed by atoms with E-state index in [-0.39, 0.29) is 0 Å². The molecule has 88 valence electrons. The van der Waals surface area contributed by atoms with Crippen molar-refractivity contribution in [1.29, 1.82) is 0 Å². The van der Waals surface area contributed by atoms with E-state index in [2.05, 4.69) is 19.1 Å². The molecule has 0 fully saturated rings. The maximum atomic E-state index is 11.8. The monoisotopic (exact) mass is 238 g/mol. The second kappa shape index (κ2) is 5.75. The highest BCUT2D eigenvalue weighted by atomic mass is 31.2. The zero-order valence-electron chi connectivity index (χ0n) is 8.90. The van der Waals surface area contributed by atoms with Crippen molar-refractivity contribution in [2.45, 2.75) is 6.92 Å². The number of amides is 1. The molecule has 0 aromatic heterocycles. The second-order valence-corrected chi connectivity index (χ2v) is 4.56. The number of carbonyl (C=O) groups is 1. The van der Waals surface area contributed by atoms with Crippen LogP contribution in [0.2, 0.25) is 0 Å². The minimum atomic E-state index is -3.81. The summed E-state index contributed by atoms with van der Waals surface area (Å²) in [7, 11) is -0.540. The molecular formula is C7H13NO6P-. The Morgan fingerprint density at radius 2 is 1.73 bits per heavy atom. The van der Waals surface area contributed by atoms with Gasteiger partial charge in [-0.3, -0.25) is 9.36 Å². The van der Waals surface area contributed by atoms with Gasteiger partial charge in [0.1, 0.15) is 0 Å². The molecule has 1 amide bonds. The van der Waals surface area contributed by atoms with Crippen LogP contribution in [0.1, 0.15) is 6.92 Å². The fraction of sp³-hybridized carbons (Fsp3) is 0.571. The minimum Gasteiger partial charge on any atom is -0.615 e. The van der Waals surface area contributed by atoms with Crippen LogP contribution in [0.4, 0.5) is 0 Å². The highest BCUT2D eigenvalue weighted by molar-refractivity contribution is 7.58. The minimum absolute atomic E-state index is 0.539. The first kappa shape index (κ1) is 14.0. The summed E-state index contributed by atoms with van der Waals surface area (Å²) in [6.45, 7) is 1.15. The summed E-state index contributed by atoms with van der Waals surface area (Å²) in [4.78, 5) is 10.8. The largest absolute Gasteiger partial charge is 0.615 e. The van der Waals surface area contributed by atoms with E-state index in [4.69, 9.17) is 0 Å². The van der Waals surface area contributed by atoms with Crippen LogP contribution >= 0.6 is 7.60 Å². The van der Waals surface area contributed by atoms with Crippen LogP contribution in [0.25, 0.3) is 0 Å². The Bertz CT molecular complexity index is 305. The van der Waals surface area contributed by atoms with Crippen LogP contribution in [-0.2, 0) is 23.1 Å². The highest BCUT2D eigenvalue weighted by Gasteiger charge is 2.30. The Morgan fingerprint density at radius 3 is 2.00 bits per heavy atom. The topological polar surface area (TPSA) is 96.9 Å². The van der Waals surface area contributed by atoms with Crippen LogP contribution in [0.5, 0.6) is 0 Å². The first-order valence-electron chi connectivity index (χ1n) is 3.86. The number of hydrogen-bond donors (Lipinski definition) is 1. The van der Waals surface area contributed by atoms with E-state index < -0.39 is 24.9 Å². The van der Waals surface area contributed by atoms with Gasteiger partial charge in [0.15, 0.2) is 5.44 Å². The van der Waals surface area contributed by atoms with Crippen molar-refractivity contribution in [3.63, 3.8) is 0 Å².